The number of aryl methyl sites for hydroxylation is 1. The van der Waals surface area contributed by atoms with Gasteiger partial charge in [0.25, 0.3) is 0 Å². The van der Waals surface area contributed by atoms with Crippen LogP contribution in [0, 0.1) is 22.9 Å². The molecular weight excluding hydrogens is 289 g/mol. The van der Waals surface area contributed by atoms with Crippen molar-refractivity contribution in [3.8, 4) is 0 Å². The van der Waals surface area contributed by atoms with Gasteiger partial charge in [-0.2, -0.15) is 4.98 Å². The predicted molar refractivity (Wildman–Crippen MR) is 72.5 cm³/mol. The molecular formula is C11H9ClFN5O2. The van der Waals surface area contributed by atoms with Gasteiger partial charge in [0.2, 0.25) is 11.8 Å². The van der Waals surface area contributed by atoms with Crippen LogP contribution in [0.3, 0.4) is 0 Å². The van der Waals surface area contributed by atoms with Crippen LogP contribution < -0.4 is 11.1 Å². The van der Waals surface area contributed by atoms with Crippen LogP contribution in [0.15, 0.2) is 18.2 Å². The molecule has 0 spiro atoms. The molecule has 1 aromatic carbocycles. The second-order valence-corrected chi connectivity index (χ2v) is 4.28. The maximum Gasteiger partial charge on any atom is 0.332 e. The standard InChI is InChI=1S/C11H9ClFN5O2/c1-5-9(18(19)20)10(17-11(14)15-5)16-6-2-3-7(12)8(13)4-6/h2-4H,1H3,(H3,14,15,16,17). The summed E-state index contributed by atoms with van der Waals surface area (Å²) in [7, 11) is 0. The lowest BCUT2D eigenvalue weighted by Crippen LogP contribution is -2.07. The summed E-state index contributed by atoms with van der Waals surface area (Å²) in [4.78, 5) is 17.9. The van der Waals surface area contributed by atoms with E-state index in [0.29, 0.717) is 0 Å². The summed E-state index contributed by atoms with van der Waals surface area (Å²) in [5, 5.41) is 13.6. The van der Waals surface area contributed by atoms with Crippen molar-refractivity contribution in [2.24, 2.45) is 0 Å². The summed E-state index contributed by atoms with van der Waals surface area (Å²) in [6.45, 7) is 1.43. The topological polar surface area (TPSA) is 107 Å². The Kier molecular flexibility index (Phi) is 3.66. The molecule has 0 fully saturated rings. The Labute approximate surface area is 117 Å². The Morgan fingerprint density at radius 3 is 2.75 bits per heavy atom. The number of nitrogens with one attached hydrogen (secondary N) is 1. The van der Waals surface area contributed by atoms with E-state index < -0.39 is 10.7 Å². The molecule has 0 saturated heterocycles. The van der Waals surface area contributed by atoms with Crippen molar-refractivity contribution >= 4 is 34.7 Å². The van der Waals surface area contributed by atoms with Crippen LogP contribution in [0.4, 0.5) is 27.5 Å². The molecule has 9 heteroatoms. The predicted octanol–water partition coefficient (Wildman–Crippen LogP) is 2.81. The van der Waals surface area contributed by atoms with E-state index in [2.05, 4.69) is 15.3 Å². The van der Waals surface area contributed by atoms with Crippen LogP contribution in [0.5, 0.6) is 0 Å². The number of rotatable bonds is 3. The van der Waals surface area contributed by atoms with E-state index in [-0.39, 0.29) is 33.9 Å². The van der Waals surface area contributed by atoms with Gasteiger partial charge in [-0.1, -0.05) is 11.6 Å². The second-order valence-electron chi connectivity index (χ2n) is 3.88. The molecule has 2 aromatic rings. The number of hydrogen-bond acceptors (Lipinski definition) is 6. The third-order valence-electron chi connectivity index (χ3n) is 2.44. The van der Waals surface area contributed by atoms with Gasteiger partial charge in [-0.05, 0) is 25.1 Å². The van der Waals surface area contributed by atoms with Gasteiger partial charge in [0, 0.05) is 5.69 Å². The number of nitrogen functional groups attached to an aromatic ring is 1. The number of nitrogens with zero attached hydrogens (tertiary/aromatic N) is 3. The molecule has 1 heterocycles. The molecule has 0 atom stereocenters. The minimum Gasteiger partial charge on any atom is -0.368 e. The molecule has 7 nitrogen and oxygen atoms in total. The maximum atomic E-state index is 13.3. The molecule has 0 aliphatic heterocycles. The summed E-state index contributed by atoms with van der Waals surface area (Å²) in [5.74, 6) is -0.884. The van der Waals surface area contributed by atoms with E-state index in [0.717, 1.165) is 6.07 Å². The summed E-state index contributed by atoms with van der Waals surface area (Å²) < 4.78 is 13.3. The number of hydrogen-bond donors (Lipinski definition) is 2. The van der Waals surface area contributed by atoms with Crippen molar-refractivity contribution < 1.29 is 9.31 Å². The Hall–Kier alpha value is -2.48. The molecule has 0 aliphatic carbocycles. The van der Waals surface area contributed by atoms with Gasteiger partial charge in [0.1, 0.15) is 11.5 Å². The lowest BCUT2D eigenvalue weighted by atomic mass is 10.3. The van der Waals surface area contributed by atoms with Crippen molar-refractivity contribution in [1.82, 2.24) is 9.97 Å². The van der Waals surface area contributed by atoms with E-state index >= 15 is 0 Å². The summed E-state index contributed by atoms with van der Waals surface area (Å²) in [5.41, 5.74) is 5.50. The largest absolute Gasteiger partial charge is 0.368 e. The Balaban J connectivity index is 2.47. The minimum atomic E-state index is -0.655. The van der Waals surface area contributed by atoms with Gasteiger partial charge < -0.3 is 11.1 Å². The Morgan fingerprint density at radius 1 is 1.45 bits per heavy atom. The normalized spacial score (nSPS) is 10.3. The van der Waals surface area contributed by atoms with Gasteiger partial charge in [0.05, 0.1) is 9.95 Å². The smallest absolute Gasteiger partial charge is 0.332 e. The molecule has 104 valence electrons. The van der Waals surface area contributed by atoms with E-state index in [1.165, 1.54) is 19.1 Å². The van der Waals surface area contributed by atoms with Gasteiger partial charge in [-0.3, -0.25) is 10.1 Å². The first-order valence-corrected chi connectivity index (χ1v) is 5.77. The average molecular weight is 298 g/mol. The molecule has 0 aliphatic rings. The quantitative estimate of drug-likeness (QED) is 0.666. The first kappa shape index (κ1) is 13.9. The highest BCUT2D eigenvalue weighted by Gasteiger charge is 2.21. The fourth-order valence-electron chi connectivity index (χ4n) is 1.60. The fourth-order valence-corrected chi connectivity index (χ4v) is 1.72. The van der Waals surface area contributed by atoms with Crippen molar-refractivity contribution in [3.63, 3.8) is 0 Å². The van der Waals surface area contributed by atoms with Crippen LogP contribution in [0.2, 0.25) is 5.02 Å². The van der Waals surface area contributed by atoms with Crippen LogP contribution in [-0.2, 0) is 0 Å². The lowest BCUT2D eigenvalue weighted by Gasteiger charge is -2.08. The fraction of sp³-hybridized carbons (Fsp3) is 0.0909. The number of anilines is 3. The number of halogens is 2. The van der Waals surface area contributed by atoms with Crippen molar-refractivity contribution in [2.75, 3.05) is 11.1 Å². The third-order valence-corrected chi connectivity index (χ3v) is 2.75. The number of benzene rings is 1. The highest BCUT2D eigenvalue weighted by atomic mass is 35.5. The molecule has 0 saturated carbocycles. The monoisotopic (exact) mass is 297 g/mol. The summed E-state index contributed by atoms with van der Waals surface area (Å²) in [6.07, 6.45) is 0. The zero-order valence-electron chi connectivity index (χ0n) is 10.2. The zero-order chi connectivity index (χ0) is 14.9. The van der Waals surface area contributed by atoms with E-state index in [1.54, 1.807) is 0 Å². The highest BCUT2D eigenvalue weighted by Crippen LogP contribution is 2.29. The molecule has 20 heavy (non-hydrogen) atoms. The van der Waals surface area contributed by atoms with Crippen LogP contribution >= 0.6 is 11.6 Å². The molecule has 0 radical (unpaired) electrons. The molecule has 1 aromatic heterocycles. The van der Waals surface area contributed by atoms with Gasteiger partial charge in [-0.25, -0.2) is 9.37 Å². The minimum absolute atomic E-state index is 0.0524. The third kappa shape index (κ3) is 2.75. The maximum absolute atomic E-state index is 13.3. The van der Waals surface area contributed by atoms with Crippen molar-refractivity contribution in [1.29, 1.82) is 0 Å². The molecule has 0 unspecified atom stereocenters. The van der Waals surface area contributed by atoms with E-state index in [4.69, 9.17) is 17.3 Å². The molecule has 0 bridgehead atoms. The van der Waals surface area contributed by atoms with Crippen molar-refractivity contribution in [2.45, 2.75) is 6.92 Å². The van der Waals surface area contributed by atoms with Crippen LogP contribution in [0.1, 0.15) is 5.69 Å². The average Bonchev–Trinajstić information content (AvgIpc) is 2.32. The summed E-state index contributed by atoms with van der Waals surface area (Å²) >= 11 is 5.56. The number of nitro groups is 1. The number of aromatic nitrogens is 2. The molecule has 0 amide bonds. The first-order valence-electron chi connectivity index (χ1n) is 5.39. The SMILES string of the molecule is Cc1nc(N)nc(Nc2ccc(Cl)c(F)c2)c1[N+](=O)[O-]. The highest BCUT2D eigenvalue weighted by molar-refractivity contribution is 6.30. The second kappa shape index (κ2) is 5.25. The number of nitrogens with two attached hydrogens (primary N) is 1. The zero-order valence-corrected chi connectivity index (χ0v) is 11.0. The Bertz CT molecular complexity index is 695. The van der Waals surface area contributed by atoms with Crippen LogP contribution in [0.25, 0.3) is 0 Å². The van der Waals surface area contributed by atoms with E-state index in [1.807, 2.05) is 0 Å². The van der Waals surface area contributed by atoms with Crippen LogP contribution in [-0.4, -0.2) is 14.9 Å². The Morgan fingerprint density at radius 2 is 2.15 bits per heavy atom. The van der Waals surface area contributed by atoms with Crippen molar-refractivity contribution in [3.05, 3.63) is 44.8 Å². The molecule has 3 N–H and O–H groups in total. The molecule has 2 rings (SSSR count). The van der Waals surface area contributed by atoms with Gasteiger partial charge in [-0.15, -0.1) is 0 Å². The summed E-state index contributed by atoms with van der Waals surface area (Å²) in [6, 6.07) is 3.88. The van der Waals surface area contributed by atoms with Gasteiger partial charge in [0.15, 0.2) is 0 Å². The van der Waals surface area contributed by atoms with Gasteiger partial charge >= 0.3 is 5.69 Å². The van der Waals surface area contributed by atoms with E-state index in [9.17, 15) is 14.5 Å². The first-order chi connectivity index (χ1) is 9.38. The lowest BCUT2D eigenvalue weighted by molar-refractivity contribution is -0.385.